The molecule has 0 saturated heterocycles. The van der Waals surface area contributed by atoms with Crippen molar-refractivity contribution < 1.29 is 9.59 Å². The summed E-state index contributed by atoms with van der Waals surface area (Å²) in [6.07, 6.45) is 0. The first-order chi connectivity index (χ1) is 9.04. The molecular formula is C13H20N4O2. The smallest absolute Gasteiger partial charge is 0.312 e. The Morgan fingerprint density at radius 2 is 1.89 bits per heavy atom. The second kappa shape index (κ2) is 7.25. The molecule has 6 nitrogen and oxygen atoms in total. The molecular weight excluding hydrogens is 244 g/mol. The predicted octanol–water partition coefficient (Wildman–Crippen LogP) is 0.825. The van der Waals surface area contributed by atoms with E-state index >= 15 is 0 Å². The fraction of sp³-hybridized carbons (Fsp3) is 0.385. The summed E-state index contributed by atoms with van der Waals surface area (Å²) in [7, 11) is 0. The van der Waals surface area contributed by atoms with Gasteiger partial charge in [-0.1, -0.05) is 6.07 Å². The summed E-state index contributed by atoms with van der Waals surface area (Å²) in [5.74, 6) is -0.178. The summed E-state index contributed by atoms with van der Waals surface area (Å²) < 4.78 is 0. The average molecular weight is 264 g/mol. The monoisotopic (exact) mass is 264 g/mol. The number of carbonyl (C=O) groups excluding carboxylic acids is 2. The van der Waals surface area contributed by atoms with Gasteiger partial charge >= 0.3 is 6.03 Å². The number of hydrogen-bond acceptors (Lipinski definition) is 3. The van der Waals surface area contributed by atoms with Crippen LogP contribution >= 0.6 is 0 Å². The van der Waals surface area contributed by atoms with Crippen LogP contribution in [0.3, 0.4) is 0 Å². The molecule has 6 heteroatoms. The number of benzene rings is 1. The van der Waals surface area contributed by atoms with Crippen molar-refractivity contribution in [3.8, 4) is 0 Å². The second-order valence-corrected chi connectivity index (χ2v) is 4.13. The van der Waals surface area contributed by atoms with E-state index in [1.807, 2.05) is 26.0 Å². The minimum absolute atomic E-state index is 0.178. The number of carbonyl (C=O) groups is 2. The van der Waals surface area contributed by atoms with Crippen molar-refractivity contribution in [3.63, 3.8) is 0 Å². The van der Waals surface area contributed by atoms with Crippen LogP contribution in [-0.2, 0) is 0 Å². The van der Waals surface area contributed by atoms with E-state index in [1.165, 1.54) is 0 Å². The molecule has 19 heavy (non-hydrogen) atoms. The molecule has 0 bridgehead atoms. The van der Waals surface area contributed by atoms with Gasteiger partial charge in [-0.15, -0.1) is 0 Å². The third-order valence-corrected chi connectivity index (χ3v) is 2.50. The average Bonchev–Trinajstić information content (AvgIpc) is 2.35. The van der Waals surface area contributed by atoms with Gasteiger partial charge in [-0.25, -0.2) is 4.79 Å². The molecule has 5 N–H and O–H groups in total. The molecule has 0 fully saturated rings. The van der Waals surface area contributed by atoms with E-state index in [1.54, 1.807) is 6.07 Å². The maximum absolute atomic E-state index is 12.0. The topological polar surface area (TPSA) is 96.2 Å². The molecule has 1 aromatic rings. The number of nitrogens with two attached hydrogens (primary N) is 1. The van der Waals surface area contributed by atoms with Crippen LogP contribution < -0.4 is 21.7 Å². The van der Waals surface area contributed by atoms with Crippen molar-refractivity contribution in [2.75, 3.05) is 25.0 Å². The highest BCUT2D eigenvalue weighted by Gasteiger charge is 2.10. The van der Waals surface area contributed by atoms with Gasteiger partial charge in [0, 0.05) is 25.3 Å². The van der Waals surface area contributed by atoms with Gasteiger partial charge in [-0.05, 0) is 31.5 Å². The molecule has 0 unspecified atom stereocenters. The number of rotatable bonds is 6. The number of nitrogens with one attached hydrogen (secondary N) is 3. The molecule has 0 saturated carbocycles. The Kier molecular flexibility index (Phi) is 5.66. The number of anilines is 1. The Labute approximate surface area is 112 Å². The van der Waals surface area contributed by atoms with Gasteiger partial charge in [-0.3, -0.25) is 4.79 Å². The van der Waals surface area contributed by atoms with Gasteiger partial charge in [0.25, 0.3) is 5.91 Å². The first-order valence-corrected chi connectivity index (χ1v) is 6.20. The zero-order valence-electron chi connectivity index (χ0n) is 11.2. The maximum Gasteiger partial charge on any atom is 0.312 e. The lowest BCUT2D eigenvalue weighted by Crippen LogP contribution is -2.37. The molecule has 0 atom stereocenters. The fourth-order valence-corrected chi connectivity index (χ4v) is 1.65. The molecule has 1 rings (SSSR count). The van der Waals surface area contributed by atoms with Crippen LogP contribution in [0.1, 0.15) is 22.8 Å². The third-order valence-electron chi connectivity index (χ3n) is 2.50. The number of urea groups is 1. The fourth-order valence-electron chi connectivity index (χ4n) is 1.65. The summed E-state index contributed by atoms with van der Waals surface area (Å²) in [4.78, 5) is 22.5. The standard InChI is InChI=1S/C13H20N4O2/c1-3-15-11-8-9(2)4-5-10(11)12(18)16-6-7-17-13(14)19/h4-5,8,15H,3,6-7H2,1-2H3,(H,16,18)(H3,14,17,19). The van der Waals surface area contributed by atoms with E-state index < -0.39 is 6.03 Å². The molecule has 3 amide bonds. The largest absolute Gasteiger partial charge is 0.385 e. The van der Waals surface area contributed by atoms with Crippen molar-refractivity contribution in [1.82, 2.24) is 10.6 Å². The van der Waals surface area contributed by atoms with Crippen molar-refractivity contribution in [1.29, 1.82) is 0 Å². The lowest BCUT2D eigenvalue weighted by Gasteiger charge is -2.12. The minimum Gasteiger partial charge on any atom is -0.385 e. The maximum atomic E-state index is 12.0. The van der Waals surface area contributed by atoms with Gasteiger partial charge in [0.15, 0.2) is 0 Å². The summed E-state index contributed by atoms with van der Waals surface area (Å²) >= 11 is 0. The van der Waals surface area contributed by atoms with Crippen LogP contribution in [0.4, 0.5) is 10.5 Å². The third kappa shape index (κ3) is 4.87. The SMILES string of the molecule is CCNc1cc(C)ccc1C(=O)NCCNC(N)=O. The lowest BCUT2D eigenvalue weighted by molar-refractivity contribution is 0.0954. The lowest BCUT2D eigenvalue weighted by atomic mass is 10.1. The molecule has 0 radical (unpaired) electrons. The van der Waals surface area contributed by atoms with E-state index in [4.69, 9.17) is 5.73 Å². The predicted molar refractivity (Wildman–Crippen MR) is 75.3 cm³/mol. The number of amides is 3. The quantitative estimate of drug-likeness (QED) is 0.573. The van der Waals surface area contributed by atoms with Gasteiger partial charge in [0.2, 0.25) is 0 Å². The molecule has 0 aromatic heterocycles. The van der Waals surface area contributed by atoms with Gasteiger partial charge in [-0.2, -0.15) is 0 Å². The highest BCUT2D eigenvalue weighted by Crippen LogP contribution is 2.17. The zero-order chi connectivity index (χ0) is 14.3. The Morgan fingerprint density at radius 3 is 2.53 bits per heavy atom. The van der Waals surface area contributed by atoms with Crippen LogP contribution in [0, 0.1) is 6.92 Å². The molecule has 0 aliphatic rings. The van der Waals surface area contributed by atoms with Gasteiger partial charge < -0.3 is 21.7 Å². The van der Waals surface area contributed by atoms with Crippen LogP contribution in [-0.4, -0.2) is 31.6 Å². The second-order valence-electron chi connectivity index (χ2n) is 4.13. The molecule has 0 spiro atoms. The van der Waals surface area contributed by atoms with Crippen LogP contribution in [0.2, 0.25) is 0 Å². The normalized spacial score (nSPS) is 9.79. The minimum atomic E-state index is -0.599. The Bertz CT molecular complexity index is 460. The molecule has 0 aliphatic carbocycles. The summed E-state index contributed by atoms with van der Waals surface area (Å²) in [6, 6.07) is 5.00. The molecule has 1 aromatic carbocycles. The van der Waals surface area contributed by atoms with Crippen molar-refractivity contribution in [2.24, 2.45) is 5.73 Å². The highest BCUT2D eigenvalue weighted by molar-refractivity contribution is 5.99. The van der Waals surface area contributed by atoms with E-state index in [9.17, 15) is 9.59 Å². The Balaban J connectivity index is 2.63. The van der Waals surface area contributed by atoms with Crippen molar-refractivity contribution in [2.45, 2.75) is 13.8 Å². The van der Waals surface area contributed by atoms with E-state index in [2.05, 4.69) is 16.0 Å². The highest BCUT2D eigenvalue weighted by atomic mass is 16.2. The van der Waals surface area contributed by atoms with Crippen LogP contribution in [0.5, 0.6) is 0 Å². The number of hydrogen-bond donors (Lipinski definition) is 4. The van der Waals surface area contributed by atoms with Crippen molar-refractivity contribution in [3.05, 3.63) is 29.3 Å². The Hall–Kier alpha value is -2.24. The zero-order valence-corrected chi connectivity index (χ0v) is 11.2. The molecule has 104 valence electrons. The van der Waals surface area contributed by atoms with E-state index in [-0.39, 0.29) is 5.91 Å². The van der Waals surface area contributed by atoms with Crippen molar-refractivity contribution >= 4 is 17.6 Å². The first kappa shape index (κ1) is 14.8. The Morgan fingerprint density at radius 1 is 1.21 bits per heavy atom. The van der Waals surface area contributed by atoms with Crippen LogP contribution in [0.15, 0.2) is 18.2 Å². The first-order valence-electron chi connectivity index (χ1n) is 6.20. The van der Waals surface area contributed by atoms with Crippen LogP contribution in [0.25, 0.3) is 0 Å². The summed E-state index contributed by atoms with van der Waals surface area (Å²) in [5.41, 5.74) is 7.41. The number of primary amides is 1. The van der Waals surface area contributed by atoms with E-state index in [0.29, 0.717) is 18.7 Å². The molecule has 0 heterocycles. The van der Waals surface area contributed by atoms with Gasteiger partial charge in [0.1, 0.15) is 0 Å². The summed E-state index contributed by atoms with van der Waals surface area (Å²) in [6.45, 7) is 5.33. The number of aryl methyl sites for hydroxylation is 1. The molecule has 0 aliphatic heterocycles. The summed E-state index contributed by atoms with van der Waals surface area (Å²) in [5, 5.41) is 8.29. The van der Waals surface area contributed by atoms with Gasteiger partial charge in [0.05, 0.1) is 5.56 Å². The van der Waals surface area contributed by atoms with E-state index in [0.717, 1.165) is 17.8 Å².